The zero-order valence-electron chi connectivity index (χ0n) is 11.0. The van der Waals surface area contributed by atoms with E-state index in [0.29, 0.717) is 10.8 Å². The molecule has 0 aliphatic rings. The van der Waals surface area contributed by atoms with Gasteiger partial charge in [-0.1, -0.05) is 6.07 Å². The number of nitrogens with one attached hydrogen (secondary N) is 1. The molecule has 2 aromatic heterocycles. The first-order valence-corrected chi connectivity index (χ1v) is 6.66. The lowest BCUT2D eigenvalue weighted by Crippen LogP contribution is -2.08. The van der Waals surface area contributed by atoms with Gasteiger partial charge >= 0.3 is 5.97 Å². The zero-order valence-corrected chi connectivity index (χ0v) is 11.8. The predicted molar refractivity (Wildman–Crippen MR) is 74.5 cm³/mol. The van der Waals surface area contributed by atoms with Crippen LogP contribution in [0.5, 0.6) is 0 Å². The predicted octanol–water partition coefficient (Wildman–Crippen LogP) is 2.81. The lowest BCUT2D eigenvalue weighted by molar-refractivity contribution is 0.0594. The molecule has 19 heavy (non-hydrogen) atoms. The van der Waals surface area contributed by atoms with E-state index in [1.54, 1.807) is 6.20 Å². The first-order chi connectivity index (χ1) is 9.11. The van der Waals surface area contributed by atoms with Crippen LogP contribution in [0.15, 0.2) is 24.4 Å². The highest BCUT2D eigenvalue weighted by atomic mass is 32.1. The van der Waals surface area contributed by atoms with Gasteiger partial charge in [0.15, 0.2) is 10.8 Å². The molecule has 5 nitrogen and oxygen atoms in total. The maximum atomic E-state index is 11.5. The summed E-state index contributed by atoms with van der Waals surface area (Å²) >= 11 is 1.43. The fourth-order valence-corrected chi connectivity index (χ4v) is 2.52. The van der Waals surface area contributed by atoms with Gasteiger partial charge in [0.1, 0.15) is 0 Å². The number of anilines is 1. The summed E-state index contributed by atoms with van der Waals surface area (Å²) in [5.41, 5.74) is 1.29. The van der Waals surface area contributed by atoms with E-state index in [9.17, 15) is 4.79 Å². The highest BCUT2D eigenvalue weighted by Crippen LogP contribution is 2.25. The summed E-state index contributed by atoms with van der Waals surface area (Å²) in [5, 5.41) is 3.93. The van der Waals surface area contributed by atoms with Crippen molar-refractivity contribution in [3.05, 3.63) is 40.7 Å². The third-order valence-corrected chi connectivity index (χ3v) is 3.55. The van der Waals surface area contributed by atoms with Crippen LogP contribution in [-0.4, -0.2) is 23.0 Å². The van der Waals surface area contributed by atoms with Crippen molar-refractivity contribution in [2.45, 2.75) is 19.9 Å². The highest BCUT2D eigenvalue weighted by Gasteiger charge is 2.17. The number of carbonyl (C=O) groups excluding carboxylic acids is 1. The molecule has 0 amide bonds. The molecule has 2 rings (SSSR count). The average molecular weight is 277 g/mol. The minimum Gasteiger partial charge on any atom is -0.464 e. The minimum absolute atomic E-state index is 0.0252. The van der Waals surface area contributed by atoms with Crippen LogP contribution < -0.4 is 5.32 Å². The monoisotopic (exact) mass is 277 g/mol. The van der Waals surface area contributed by atoms with Crippen LogP contribution in [0.25, 0.3) is 0 Å². The van der Waals surface area contributed by atoms with Crippen molar-refractivity contribution in [1.29, 1.82) is 0 Å². The van der Waals surface area contributed by atoms with E-state index in [1.807, 2.05) is 32.0 Å². The van der Waals surface area contributed by atoms with Gasteiger partial charge in [-0.05, 0) is 26.0 Å². The summed E-state index contributed by atoms with van der Waals surface area (Å²) in [6.45, 7) is 3.84. The third kappa shape index (κ3) is 3.08. The van der Waals surface area contributed by atoms with Gasteiger partial charge in [0, 0.05) is 11.1 Å². The molecule has 0 aliphatic carbocycles. The van der Waals surface area contributed by atoms with Crippen LogP contribution in [0.4, 0.5) is 5.13 Å². The highest BCUT2D eigenvalue weighted by molar-refractivity contribution is 7.15. The summed E-state index contributed by atoms with van der Waals surface area (Å²) < 4.78 is 4.69. The number of hydrogen-bond acceptors (Lipinski definition) is 6. The van der Waals surface area contributed by atoms with Crippen LogP contribution in [0.2, 0.25) is 0 Å². The molecule has 2 aromatic rings. The van der Waals surface area contributed by atoms with Crippen LogP contribution >= 0.6 is 11.3 Å². The quantitative estimate of drug-likeness (QED) is 0.871. The van der Waals surface area contributed by atoms with Gasteiger partial charge in [-0.2, -0.15) is 0 Å². The lowest BCUT2D eigenvalue weighted by atomic mass is 10.2. The summed E-state index contributed by atoms with van der Waals surface area (Å²) in [7, 11) is 1.35. The van der Waals surface area contributed by atoms with E-state index in [1.165, 1.54) is 18.4 Å². The molecule has 1 atom stereocenters. The summed E-state index contributed by atoms with van der Waals surface area (Å²) in [6.07, 6.45) is 1.75. The molecule has 0 aromatic carbocycles. The number of carbonyl (C=O) groups is 1. The molecule has 0 radical (unpaired) electrons. The fraction of sp³-hybridized carbons (Fsp3) is 0.308. The molecule has 0 fully saturated rings. The Morgan fingerprint density at radius 1 is 1.47 bits per heavy atom. The van der Waals surface area contributed by atoms with Crippen molar-refractivity contribution < 1.29 is 9.53 Å². The van der Waals surface area contributed by atoms with Crippen molar-refractivity contribution in [3.63, 3.8) is 0 Å². The van der Waals surface area contributed by atoms with Crippen molar-refractivity contribution >= 4 is 22.4 Å². The molecule has 0 bridgehead atoms. The number of esters is 1. The lowest BCUT2D eigenvalue weighted by Gasteiger charge is -2.11. The smallest absolute Gasteiger partial charge is 0.357 e. The molecule has 0 spiro atoms. The number of pyridine rings is 1. The molecule has 2 heterocycles. The SMILES string of the molecule is COC(=O)c1nc(NC(C)c2ccccn2)sc1C. The number of ether oxygens (including phenoxy) is 1. The Morgan fingerprint density at radius 3 is 2.89 bits per heavy atom. The number of aryl methyl sites for hydroxylation is 1. The first-order valence-electron chi connectivity index (χ1n) is 5.85. The number of hydrogen-bond donors (Lipinski definition) is 1. The van der Waals surface area contributed by atoms with Crippen LogP contribution in [0.3, 0.4) is 0 Å². The standard InChI is InChI=1S/C13H15N3O2S/c1-8(10-6-4-5-7-14-10)15-13-16-11(9(2)19-13)12(17)18-3/h4-8H,1-3H3,(H,15,16). The average Bonchev–Trinajstić information content (AvgIpc) is 2.79. The Labute approximate surface area is 115 Å². The number of aromatic nitrogens is 2. The minimum atomic E-state index is -0.410. The summed E-state index contributed by atoms with van der Waals surface area (Å²) in [6, 6.07) is 5.78. The van der Waals surface area contributed by atoms with E-state index in [2.05, 4.69) is 20.0 Å². The Bertz CT molecular complexity index is 569. The molecule has 1 unspecified atom stereocenters. The maximum absolute atomic E-state index is 11.5. The van der Waals surface area contributed by atoms with E-state index in [-0.39, 0.29) is 6.04 Å². The second kappa shape index (κ2) is 5.79. The van der Waals surface area contributed by atoms with Crippen molar-refractivity contribution in [3.8, 4) is 0 Å². The third-order valence-electron chi connectivity index (χ3n) is 2.65. The number of nitrogens with zero attached hydrogens (tertiary/aromatic N) is 2. The van der Waals surface area contributed by atoms with Gasteiger partial charge in [0.2, 0.25) is 0 Å². The maximum Gasteiger partial charge on any atom is 0.357 e. The van der Waals surface area contributed by atoms with Crippen LogP contribution in [-0.2, 0) is 4.74 Å². The van der Waals surface area contributed by atoms with E-state index in [4.69, 9.17) is 0 Å². The first kappa shape index (κ1) is 13.5. The normalized spacial score (nSPS) is 11.9. The topological polar surface area (TPSA) is 64.1 Å². The molecule has 0 saturated carbocycles. The van der Waals surface area contributed by atoms with Gasteiger partial charge in [-0.3, -0.25) is 4.98 Å². The molecule has 0 saturated heterocycles. The van der Waals surface area contributed by atoms with Crippen molar-refractivity contribution in [2.24, 2.45) is 0 Å². The second-order valence-electron chi connectivity index (χ2n) is 4.04. The Morgan fingerprint density at radius 2 is 2.26 bits per heavy atom. The van der Waals surface area contributed by atoms with Crippen LogP contribution in [0.1, 0.15) is 34.0 Å². The van der Waals surface area contributed by atoms with Gasteiger partial charge in [0.25, 0.3) is 0 Å². The van der Waals surface area contributed by atoms with Gasteiger partial charge in [-0.15, -0.1) is 11.3 Å². The zero-order chi connectivity index (χ0) is 13.8. The van der Waals surface area contributed by atoms with Crippen LogP contribution in [0, 0.1) is 6.92 Å². The summed E-state index contributed by atoms with van der Waals surface area (Å²) in [4.78, 5) is 20.9. The Balaban J connectivity index is 2.14. The van der Waals surface area contributed by atoms with Gasteiger partial charge < -0.3 is 10.1 Å². The largest absolute Gasteiger partial charge is 0.464 e. The Hall–Kier alpha value is -1.95. The van der Waals surface area contributed by atoms with Gasteiger partial charge in [-0.25, -0.2) is 9.78 Å². The fourth-order valence-electron chi connectivity index (χ4n) is 1.64. The number of rotatable bonds is 4. The molecular weight excluding hydrogens is 262 g/mol. The number of thiazole rings is 1. The van der Waals surface area contributed by atoms with Crippen molar-refractivity contribution in [2.75, 3.05) is 12.4 Å². The molecule has 1 N–H and O–H groups in total. The molecule has 6 heteroatoms. The molecular formula is C13H15N3O2S. The Kier molecular flexibility index (Phi) is 4.11. The second-order valence-corrected chi connectivity index (χ2v) is 5.24. The number of methoxy groups -OCH3 is 1. The van der Waals surface area contributed by atoms with E-state index in [0.717, 1.165) is 10.6 Å². The van der Waals surface area contributed by atoms with E-state index < -0.39 is 5.97 Å². The molecule has 100 valence electrons. The van der Waals surface area contributed by atoms with Crippen molar-refractivity contribution in [1.82, 2.24) is 9.97 Å². The van der Waals surface area contributed by atoms with Gasteiger partial charge in [0.05, 0.1) is 18.8 Å². The molecule has 0 aliphatic heterocycles. The van der Waals surface area contributed by atoms with E-state index >= 15 is 0 Å². The summed E-state index contributed by atoms with van der Waals surface area (Å²) in [5.74, 6) is -0.410.